The lowest BCUT2D eigenvalue weighted by Crippen LogP contribution is -2.36. The largest absolute Gasteiger partial charge is 0.325 e. The molecule has 2 amide bonds. The Balaban J connectivity index is 1.49. The van der Waals surface area contributed by atoms with Crippen molar-refractivity contribution in [2.45, 2.75) is 13.8 Å². The number of benzene rings is 3. The predicted octanol–water partition coefficient (Wildman–Crippen LogP) is 4.48. The molecular weight excluding hydrogens is 374 g/mol. The molecule has 0 radical (unpaired) electrons. The molecule has 0 aliphatic heterocycles. The molecule has 0 atom stereocenters. The van der Waals surface area contributed by atoms with Crippen LogP contribution in [0.15, 0.2) is 72.8 Å². The van der Waals surface area contributed by atoms with E-state index in [0.717, 1.165) is 33.6 Å². The molecule has 5 nitrogen and oxygen atoms in total. The molecular formula is C25H27N3O2. The van der Waals surface area contributed by atoms with Gasteiger partial charge < -0.3 is 10.6 Å². The molecule has 30 heavy (non-hydrogen) atoms. The maximum Gasteiger partial charge on any atom is 0.238 e. The number of rotatable bonds is 7. The minimum absolute atomic E-state index is 0.126. The summed E-state index contributed by atoms with van der Waals surface area (Å²) in [6, 6.07) is 23.6. The van der Waals surface area contributed by atoms with Crippen LogP contribution in [0, 0.1) is 13.8 Å². The zero-order valence-electron chi connectivity index (χ0n) is 17.6. The maximum atomic E-state index is 12.3. The molecule has 0 fully saturated rings. The van der Waals surface area contributed by atoms with Gasteiger partial charge in [0.25, 0.3) is 0 Å². The van der Waals surface area contributed by atoms with E-state index in [1.54, 1.807) is 11.9 Å². The number of anilines is 2. The number of hydrogen-bond acceptors (Lipinski definition) is 3. The van der Waals surface area contributed by atoms with Crippen LogP contribution < -0.4 is 10.6 Å². The smallest absolute Gasteiger partial charge is 0.238 e. The number of hydrogen-bond donors (Lipinski definition) is 2. The summed E-state index contributed by atoms with van der Waals surface area (Å²) in [5.41, 5.74) is 5.92. The van der Waals surface area contributed by atoms with E-state index in [-0.39, 0.29) is 24.9 Å². The molecule has 2 N–H and O–H groups in total. The Morgan fingerprint density at radius 1 is 0.733 bits per heavy atom. The number of nitrogens with one attached hydrogen (secondary N) is 2. The highest BCUT2D eigenvalue weighted by atomic mass is 16.2. The van der Waals surface area contributed by atoms with E-state index in [1.807, 2.05) is 86.6 Å². The third-order valence-electron chi connectivity index (χ3n) is 4.98. The van der Waals surface area contributed by atoms with Crippen LogP contribution in [-0.4, -0.2) is 36.9 Å². The van der Waals surface area contributed by atoms with Crippen LogP contribution in [-0.2, 0) is 9.59 Å². The van der Waals surface area contributed by atoms with Crippen molar-refractivity contribution in [3.8, 4) is 11.1 Å². The molecule has 3 rings (SSSR count). The zero-order valence-corrected chi connectivity index (χ0v) is 17.6. The number of likely N-dealkylation sites (N-methyl/N-ethyl adjacent to an activating group) is 1. The van der Waals surface area contributed by atoms with E-state index < -0.39 is 0 Å². The second kappa shape index (κ2) is 9.85. The molecule has 0 unspecified atom stereocenters. The van der Waals surface area contributed by atoms with Gasteiger partial charge in [0.2, 0.25) is 11.8 Å². The van der Waals surface area contributed by atoms with Gasteiger partial charge in [0, 0.05) is 11.4 Å². The van der Waals surface area contributed by atoms with Gasteiger partial charge in [-0.05, 0) is 61.3 Å². The number of aryl methyl sites for hydroxylation is 1. The average molecular weight is 402 g/mol. The summed E-state index contributed by atoms with van der Waals surface area (Å²) in [6.07, 6.45) is 0. The lowest BCUT2D eigenvalue weighted by atomic mass is 10.1. The fraction of sp³-hybridized carbons (Fsp3) is 0.200. The Kier molecular flexibility index (Phi) is 6.99. The van der Waals surface area contributed by atoms with Crippen LogP contribution in [0.5, 0.6) is 0 Å². The Morgan fingerprint density at radius 2 is 1.33 bits per heavy atom. The first kappa shape index (κ1) is 21.3. The first-order chi connectivity index (χ1) is 14.4. The van der Waals surface area contributed by atoms with Crippen molar-refractivity contribution < 1.29 is 9.59 Å². The van der Waals surface area contributed by atoms with E-state index in [2.05, 4.69) is 10.6 Å². The molecule has 0 heterocycles. The van der Waals surface area contributed by atoms with Gasteiger partial charge in [-0.1, -0.05) is 54.6 Å². The van der Waals surface area contributed by atoms with Gasteiger partial charge in [0.15, 0.2) is 0 Å². The number of amides is 2. The van der Waals surface area contributed by atoms with E-state index in [4.69, 9.17) is 0 Å². The van der Waals surface area contributed by atoms with Gasteiger partial charge in [-0.3, -0.25) is 14.5 Å². The standard InChI is InChI=1S/C25H27N3O2/c1-18-8-7-11-23(19(18)2)27-25(30)17-28(3)16-24(29)26-22-14-12-21(13-15-22)20-9-5-4-6-10-20/h4-15H,16-17H2,1-3H3,(H,26,29)(H,27,30). The molecule has 0 aliphatic carbocycles. The fourth-order valence-electron chi connectivity index (χ4n) is 3.20. The van der Waals surface area contributed by atoms with Crippen LogP contribution >= 0.6 is 0 Å². The first-order valence-corrected chi connectivity index (χ1v) is 9.92. The SMILES string of the molecule is Cc1cccc(NC(=O)CN(C)CC(=O)Nc2ccc(-c3ccccc3)cc2)c1C. The zero-order chi connectivity index (χ0) is 21.5. The summed E-state index contributed by atoms with van der Waals surface area (Å²) in [4.78, 5) is 26.3. The van der Waals surface area contributed by atoms with Crippen molar-refractivity contribution in [2.75, 3.05) is 30.8 Å². The van der Waals surface area contributed by atoms with Crippen LogP contribution in [0.25, 0.3) is 11.1 Å². The van der Waals surface area contributed by atoms with Crippen LogP contribution in [0.4, 0.5) is 11.4 Å². The summed E-state index contributed by atoms with van der Waals surface area (Å²) in [7, 11) is 1.75. The monoisotopic (exact) mass is 401 g/mol. The highest BCUT2D eigenvalue weighted by molar-refractivity contribution is 5.95. The Bertz CT molecular complexity index is 1010. The van der Waals surface area contributed by atoms with E-state index in [1.165, 1.54) is 0 Å². The van der Waals surface area contributed by atoms with Gasteiger partial charge in [0.05, 0.1) is 13.1 Å². The summed E-state index contributed by atoms with van der Waals surface area (Å²) < 4.78 is 0. The predicted molar refractivity (Wildman–Crippen MR) is 123 cm³/mol. The van der Waals surface area contributed by atoms with Crippen molar-refractivity contribution in [1.29, 1.82) is 0 Å². The third kappa shape index (κ3) is 5.78. The second-order valence-electron chi connectivity index (χ2n) is 7.46. The molecule has 0 saturated carbocycles. The fourth-order valence-corrected chi connectivity index (χ4v) is 3.20. The van der Waals surface area contributed by atoms with E-state index in [0.29, 0.717) is 0 Å². The van der Waals surface area contributed by atoms with Crippen LogP contribution in [0.2, 0.25) is 0 Å². The first-order valence-electron chi connectivity index (χ1n) is 9.92. The third-order valence-corrected chi connectivity index (χ3v) is 4.98. The van der Waals surface area contributed by atoms with Gasteiger partial charge in [-0.15, -0.1) is 0 Å². The normalized spacial score (nSPS) is 10.7. The topological polar surface area (TPSA) is 61.4 Å². The van der Waals surface area contributed by atoms with Gasteiger partial charge in [0.1, 0.15) is 0 Å². The van der Waals surface area contributed by atoms with E-state index in [9.17, 15) is 9.59 Å². The Labute approximate surface area is 177 Å². The molecule has 154 valence electrons. The van der Waals surface area contributed by atoms with Gasteiger partial charge >= 0.3 is 0 Å². The van der Waals surface area contributed by atoms with Crippen molar-refractivity contribution in [3.63, 3.8) is 0 Å². The molecule has 3 aromatic rings. The second-order valence-corrected chi connectivity index (χ2v) is 7.46. The van der Waals surface area contributed by atoms with Crippen LogP contribution in [0.1, 0.15) is 11.1 Å². The molecule has 0 aliphatic rings. The molecule has 3 aromatic carbocycles. The van der Waals surface area contributed by atoms with Crippen molar-refractivity contribution in [1.82, 2.24) is 4.90 Å². The summed E-state index contributed by atoms with van der Waals surface area (Å²) in [5, 5.41) is 5.79. The quantitative estimate of drug-likeness (QED) is 0.614. The molecule has 0 aromatic heterocycles. The summed E-state index contributed by atoms with van der Waals surface area (Å²) >= 11 is 0. The highest BCUT2D eigenvalue weighted by Gasteiger charge is 2.12. The van der Waals surface area contributed by atoms with Gasteiger partial charge in [-0.2, -0.15) is 0 Å². The van der Waals surface area contributed by atoms with Gasteiger partial charge in [-0.25, -0.2) is 0 Å². The summed E-state index contributed by atoms with van der Waals surface area (Å²) in [5.74, 6) is -0.310. The minimum Gasteiger partial charge on any atom is -0.325 e. The number of nitrogens with zero attached hydrogens (tertiary/aromatic N) is 1. The van der Waals surface area contributed by atoms with Crippen molar-refractivity contribution in [2.24, 2.45) is 0 Å². The minimum atomic E-state index is -0.163. The molecule has 0 saturated heterocycles. The highest BCUT2D eigenvalue weighted by Crippen LogP contribution is 2.21. The summed E-state index contributed by atoms with van der Waals surface area (Å²) in [6.45, 7) is 4.24. The average Bonchev–Trinajstić information content (AvgIpc) is 2.72. The number of carbonyl (C=O) groups is 2. The lowest BCUT2D eigenvalue weighted by molar-refractivity contribution is -0.119. The number of carbonyl (C=O) groups excluding carboxylic acids is 2. The Hall–Kier alpha value is -3.44. The Morgan fingerprint density at radius 3 is 2.00 bits per heavy atom. The van der Waals surface area contributed by atoms with Crippen LogP contribution in [0.3, 0.4) is 0 Å². The lowest BCUT2D eigenvalue weighted by Gasteiger charge is -2.17. The van der Waals surface area contributed by atoms with E-state index >= 15 is 0 Å². The van der Waals surface area contributed by atoms with Crippen molar-refractivity contribution in [3.05, 3.63) is 83.9 Å². The molecule has 0 bridgehead atoms. The van der Waals surface area contributed by atoms with Crippen molar-refractivity contribution >= 4 is 23.2 Å². The molecule has 5 heteroatoms. The maximum absolute atomic E-state index is 12.3. The molecule has 0 spiro atoms.